The van der Waals surface area contributed by atoms with Crippen LogP contribution in [-0.2, 0) is 6.54 Å². The number of imidazole rings is 1. The molecule has 0 N–H and O–H groups in total. The number of hydrogen-bond donors (Lipinski definition) is 0. The molecule has 3 aromatic rings. The number of rotatable bonds is 5. The molecular weight excluding hydrogens is 302 g/mol. The predicted molar refractivity (Wildman–Crippen MR) is 93.1 cm³/mol. The van der Waals surface area contributed by atoms with Crippen molar-refractivity contribution < 1.29 is 9.47 Å². The second-order valence-electron chi connectivity index (χ2n) is 5.63. The molecule has 0 aliphatic heterocycles. The molecule has 1 atom stereocenters. The molecule has 5 heteroatoms. The smallest absolute Gasteiger partial charge is 0.161 e. The lowest BCUT2D eigenvalue weighted by atomic mass is 10.1. The van der Waals surface area contributed by atoms with Gasteiger partial charge in [0.1, 0.15) is 5.82 Å². The van der Waals surface area contributed by atoms with Gasteiger partial charge < -0.3 is 14.0 Å². The summed E-state index contributed by atoms with van der Waals surface area (Å²) in [7, 11) is 3.23. The number of hydrogen-bond acceptors (Lipinski definition) is 4. The molecule has 122 valence electrons. The van der Waals surface area contributed by atoms with Crippen LogP contribution in [0.4, 0.5) is 0 Å². The Labute approximate surface area is 141 Å². The van der Waals surface area contributed by atoms with Crippen LogP contribution in [0.1, 0.15) is 6.92 Å². The van der Waals surface area contributed by atoms with Crippen LogP contribution >= 0.6 is 0 Å². The van der Waals surface area contributed by atoms with Crippen LogP contribution in [0, 0.1) is 17.2 Å². The summed E-state index contributed by atoms with van der Waals surface area (Å²) in [6.07, 6.45) is 0. The van der Waals surface area contributed by atoms with E-state index < -0.39 is 0 Å². The summed E-state index contributed by atoms with van der Waals surface area (Å²) in [6, 6.07) is 16.0. The summed E-state index contributed by atoms with van der Waals surface area (Å²) in [5, 5.41) is 9.20. The Balaban J connectivity index is 2.18. The number of nitriles is 1. The second kappa shape index (κ2) is 6.63. The fraction of sp³-hybridized carbons (Fsp3) is 0.263. The highest BCUT2D eigenvalue weighted by Crippen LogP contribution is 2.33. The van der Waals surface area contributed by atoms with Crippen molar-refractivity contribution in [1.29, 1.82) is 5.26 Å². The standard InChI is InChI=1S/C19H19N3O2/c1-13(11-20)12-22-16-7-5-4-6-15(16)21-19(22)14-8-9-17(23-2)18(10-14)24-3/h4-10,13H,12H2,1-3H3. The van der Waals surface area contributed by atoms with Gasteiger partial charge in [0.15, 0.2) is 11.5 Å². The lowest BCUT2D eigenvalue weighted by Crippen LogP contribution is -2.07. The Bertz CT molecular complexity index is 909. The molecule has 0 spiro atoms. The molecule has 5 nitrogen and oxygen atoms in total. The Morgan fingerprint density at radius 3 is 2.58 bits per heavy atom. The van der Waals surface area contributed by atoms with Crippen LogP contribution in [0.3, 0.4) is 0 Å². The zero-order valence-electron chi connectivity index (χ0n) is 14.0. The maximum atomic E-state index is 9.20. The first kappa shape index (κ1) is 15.9. The van der Waals surface area contributed by atoms with Crippen LogP contribution in [0.15, 0.2) is 42.5 Å². The number of aromatic nitrogens is 2. The average Bonchev–Trinajstić information content (AvgIpc) is 2.99. The molecule has 0 bridgehead atoms. The third-order valence-corrected chi connectivity index (χ3v) is 3.97. The zero-order chi connectivity index (χ0) is 17.1. The Morgan fingerprint density at radius 1 is 1.12 bits per heavy atom. The monoisotopic (exact) mass is 321 g/mol. The number of para-hydroxylation sites is 2. The lowest BCUT2D eigenvalue weighted by Gasteiger charge is -2.12. The van der Waals surface area contributed by atoms with E-state index in [0.29, 0.717) is 18.0 Å². The van der Waals surface area contributed by atoms with Gasteiger partial charge in [-0.15, -0.1) is 0 Å². The Kier molecular flexibility index (Phi) is 4.39. The molecule has 24 heavy (non-hydrogen) atoms. The Morgan fingerprint density at radius 2 is 1.88 bits per heavy atom. The van der Waals surface area contributed by atoms with E-state index in [1.54, 1.807) is 14.2 Å². The summed E-state index contributed by atoms with van der Waals surface area (Å²) >= 11 is 0. The van der Waals surface area contributed by atoms with Gasteiger partial charge >= 0.3 is 0 Å². The highest BCUT2D eigenvalue weighted by molar-refractivity contribution is 5.81. The fourth-order valence-corrected chi connectivity index (χ4v) is 2.77. The molecule has 0 amide bonds. The summed E-state index contributed by atoms with van der Waals surface area (Å²) in [5.41, 5.74) is 2.85. The molecule has 1 aromatic heterocycles. The van der Waals surface area contributed by atoms with Crippen LogP contribution in [0.25, 0.3) is 22.4 Å². The minimum absolute atomic E-state index is 0.110. The van der Waals surface area contributed by atoms with E-state index in [0.717, 1.165) is 22.4 Å². The van der Waals surface area contributed by atoms with Crippen molar-refractivity contribution >= 4 is 11.0 Å². The number of fused-ring (bicyclic) bond motifs is 1. The first-order valence-corrected chi connectivity index (χ1v) is 7.75. The first-order chi connectivity index (χ1) is 11.7. The van der Waals surface area contributed by atoms with E-state index in [-0.39, 0.29) is 5.92 Å². The third-order valence-electron chi connectivity index (χ3n) is 3.97. The van der Waals surface area contributed by atoms with Gasteiger partial charge in [-0.05, 0) is 37.3 Å². The molecule has 0 fully saturated rings. The number of methoxy groups -OCH3 is 2. The van der Waals surface area contributed by atoms with Gasteiger partial charge in [-0.25, -0.2) is 4.98 Å². The average molecular weight is 321 g/mol. The molecule has 3 rings (SSSR count). The number of ether oxygens (including phenoxy) is 2. The Hall–Kier alpha value is -3.00. The molecule has 0 saturated carbocycles. The zero-order valence-corrected chi connectivity index (χ0v) is 14.0. The van der Waals surface area contributed by atoms with E-state index in [4.69, 9.17) is 14.5 Å². The molecular formula is C19H19N3O2. The SMILES string of the molecule is COc1ccc(-c2nc3ccccc3n2CC(C)C#N)cc1OC. The van der Waals surface area contributed by atoms with Crippen molar-refractivity contribution in [3.8, 4) is 29.0 Å². The van der Waals surface area contributed by atoms with Crippen LogP contribution in [-0.4, -0.2) is 23.8 Å². The van der Waals surface area contributed by atoms with Gasteiger partial charge in [-0.1, -0.05) is 12.1 Å². The third kappa shape index (κ3) is 2.79. The number of benzene rings is 2. The maximum Gasteiger partial charge on any atom is 0.161 e. The summed E-state index contributed by atoms with van der Waals surface area (Å²) in [5.74, 6) is 2.04. The molecule has 1 unspecified atom stereocenters. The summed E-state index contributed by atoms with van der Waals surface area (Å²) in [4.78, 5) is 4.76. The van der Waals surface area contributed by atoms with Crippen molar-refractivity contribution in [2.75, 3.05) is 14.2 Å². The van der Waals surface area contributed by atoms with Gasteiger partial charge in [0.2, 0.25) is 0 Å². The molecule has 0 radical (unpaired) electrons. The summed E-state index contributed by atoms with van der Waals surface area (Å²) in [6.45, 7) is 2.49. The van der Waals surface area contributed by atoms with E-state index in [2.05, 4.69) is 10.6 Å². The molecule has 2 aromatic carbocycles. The predicted octanol–water partition coefficient (Wildman–Crippen LogP) is 3.88. The van der Waals surface area contributed by atoms with Gasteiger partial charge in [0.05, 0.1) is 37.2 Å². The fourth-order valence-electron chi connectivity index (χ4n) is 2.77. The van der Waals surface area contributed by atoms with Gasteiger partial charge in [-0.3, -0.25) is 0 Å². The van der Waals surface area contributed by atoms with Crippen molar-refractivity contribution in [1.82, 2.24) is 9.55 Å². The van der Waals surface area contributed by atoms with E-state index in [1.165, 1.54) is 0 Å². The minimum atomic E-state index is -0.110. The van der Waals surface area contributed by atoms with Crippen LogP contribution in [0.2, 0.25) is 0 Å². The largest absolute Gasteiger partial charge is 0.493 e. The maximum absolute atomic E-state index is 9.20. The van der Waals surface area contributed by atoms with Gasteiger partial charge in [0.25, 0.3) is 0 Å². The molecule has 0 aliphatic rings. The first-order valence-electron chi connectivity index (χ1n) is 7.75. The highest BCUT2D eigenvalue weighted by atomic mass is 16.5. The van der Waals surface area contributed by atoms with Crippen molar-refractivity contribution in [3.05, 3.63) is 42.5 Å². The highest BCUT2D eigenvalue weighted by Gasteiger charge is 2.16. The van der Waals surface area contributed by atoms with Crippen molar-refractivity contribution in [2.45, 2.75) is 13.5 Å². The minimum Gasteiger partial charge on any atom is -0.493 e. The molecule has 1 heterocycles. The van der Waals surface area contributed by atoms with Crippen molar-refractivity contribution in [2.24, 2.45) is 5.92 Å². The number of nitrogens with zero attached hydrogens (tertiary/aromatic N) is 3. The topological polar surface area (TPSA) is 60.1 Å². The normalized spacial score (nSPS) is 11.9. The lowest BCUT2D eigenvalue weighted by molar-refractivity contribution is 0.355. The van der Waals surface area contributed by atoms with Gasteiger partial charge in [0, 0.05) is 12.1 Å². The second-order valence-corrected chi connectivity index (χ2v) is 5.63. The summed E-state index contributed by atoms with van der Waals surface area (Å²) < 4.78 is 12.8. The molecule has 0 saturated heterocycles. The van der Waals surface area contributed by atoms with Crippen LogP contribution in [0.5, 0.6) is 11.5 Å². The van der Waals surface area contributed by atoms with E-state index in [9.17, 15) is 5.26 Å². The van der Waals surface area contributed by atoms with Crippen LogP contribution < -0.4 is 9.47 Å². The quantitative estimate of drug-likeness (QED) is 0.715. The van der Waals surface area contributed by atoms with Crippen molar-refractivity contribution in [3.63, 3.8) is 0 Å². The van der Waals surface area contributed by atoms with E-state index >= 15 is 0 Å². The van der Waals surface area contributed by atoms with E-state index in [1.807, 2.05) is 49.4 Å². The van der Waals surface area contributed by atoms with Gasteiger partial charge in [-0.2, -0.15) is 5.26 Å². The molecule has 0 aliphatic carbocycles.